The summed E-state index contributed by atoms with van der Waals surface area (Å²) in [6.07, 6.45) is 7.27. The zero-order valence-corrected chi connectivity index (χ0v) is 21.8. The van der Waals surface area contributed by atoms with Gasteiger partial charge in [-0.1, -0.05) is 24.1 Å². The van der Waals surface area contributed by atoms with Crippen molar-refractivity contribution in [2.24, 2.45) is 5.41 Å². The number of hydrogen-bond acceptors (Lipinski definition) is 9. The maximum Gasteiger partial charge on any atom is 0.240 e. The molecule has 1 spiro atoms. The second-order valence-corrected chi connectivity index (χ2v) is 11.8. The molecule has 0 amide bonds. The van der Waals surface area contributed by atoms with Gasteiger partial charge in [0.2, 0.25) is 21.9 Å². The third-order valence-electron chi connectivity index (χ3n) is 7.44. The summed E-state index contributed by atoms with van der Waals surface area (Å²) in [5.41, 5.74) is 0.708. The van der Waals surface area contributed by atoms with Crippen molar-refractivity contribution >= 4 is 27.6 Å². The van der Waals surface area contributed by atoms with Crippen molar-refractivity contribution in [2.45, 2.75) is 56.4 Å². The van der Waals surface area contributed by atoms with Gasteiger partial charge in [-0.3, -0.25) is 9.29 Å². The summed E-state index contributed by atoms with van der Waals surface area (Å²) in [5, 5.41) is 7.94. The predicted octanol–water partition coefficient (Wildman–Crippen LogP) is 3.82. The Bertz CT molecular complexity index is 1340. The summed E-state index contributed by atoms with van der Waals surface area (Å²) in [7, 11) is -1.03. The van der Waals surface area contributed by atoms with Gasteiger partial charge in [0.05, 0.1) is 12.1 Å². The quantitative estimate of drug-likeness (QED) is 0.435. The van der Waals surface area contributed by atoms with Crippen molar-refractivity contribution in [3.05, 3.63) is 41.4 Å². The van der Waals surface area contributed by atoms with Crippen LogP contribution in [0.15, 0.2) is 30.6 Å². The van der Waals surface area contributed by atoms with Gasteiger partial charge in [-0.25, -0.2) is 23.4 Å². The van der Waals surface area contributed by atoms with Crippen LogP contribution in [0, 0.1) is 5.41 Å². The third kappa shape index (κ3) is 4.31. The molecule has 2 fully saturated rings. The van der Waals surface area contributed by atoms with Crippen molar-refractivity contribution in [3.8, 4) is 17.4 Å². The molecule has 0 saturated heterocycles. The van der Waals surface area contributed by atoms with Crippen LogP contribution in [-0.2, 0) is 14.8 Å². The first-order chi connectivity index (χ1) is 17.3. The molecule has 192 valence electrons. The molecular formula is C23H28ClN7O4S. The summed E-state index contributed by atoms with van der Waals surface area (Å²) >= 11 is 5.89. The van der Waals surface area contributed by atoms with Crippen LogP contribution in [0.25, 0.3) is 11.5 Å². The molecule has 2 aliphatic rings. The number of sulfonamides is 1. The van der Waals surface area contributed by atoms with E-state index in [0.29, 0.717) is 22.4 Å². The average Bonchev–Trinajstić information content (AvgIpc) is 3.21. The fourth-order valence-electron chi connectivity index (χ4n) is 5.14. The maximum atomic E-state index is 13.5. The second-order valence-electron chi connectivity index (χ2n) is 9.32. The molecule has 1 N–H and O–H groups in total. The zero-order valence-electron chi connectivity index (χ0n) is 20.3. The number of methoxy groups -OCH3 is 2. The normalized spacial score (nSPS) is 20.3. The van der Waals surface area contributed by atoms with Gasteiger partial charge >= 0.3 is 0 Å². The van der Waals surface area contributed by atoms with Crippen molar-refractivity contribution in [1.29, 1.82) is 0 Å². The molecule has 11 nitrogen and oxygen atoms in total. The lowest BCUT2D eigenvalue weighted by atomic mass is 9.53. The number of anilines is 1. The molecule has 0 unspecified atom stereocenters. The molecule has 3 aromatic heterocycles. The highest BCUT2D eigenvalue weighted by Crippen LogP contribution is 2.63. The van der Waals surface area contributed by atoms with Crippen molar-refractivity contribution in [2.75, 3.05) is 18.9 Å². The van der Waals surface area contributed by atoms with Gasteiger partial charge in [0.15, 0.2) is 11.6 Å². The molecule has 5 rings (SSSR count). The molecule has 2 saturated carbocycles. The van der Waals surface area contributed by atoms with E-state index in [2.05, 4.69) is 29.9 Å². The molecule has 0 aliphatic heterocycles. The number of nitrogens with zero attached hydrogens (tertiary/aromatic N) is 6. The van der Waals surface area contributed by atoms with E-state index in [4.69, 9.17) is 21.1 Å². The van der Waals surface area contributed by atoms with E-state index in [1.165, 1.54) is 32.8 Å². The lowest BCUT2D eigenvalue weighted by Gasteiger charge is -2.56. The number of nitrogens with one attached hydrogen (secondary N) is 1. The van der Waals surface area contributed by atoms with Crippen LogP contribution in [0.2, 0.25) is 5.02 Å². The van der Waals surface area contributed by atoms with Crippen LogP contribution in [-0.4, -0.2) is 57.6 Å². The smallest absolute Gasteiger partial charge is 0.240 e. The van der Waals surface area contributed by atoms with Gasteiger partial charge in [0.25, 0.3) is 0 Å². The number of hydrogen-bond donors (Lipinski definition) is 1. The van der Waals surface area contributed by atoms with Crippen LogP contribution in [0.3, 0.4) is 0 Å². The van der Waals surface area contributed by atoms with Crippen molar-refractivity contribution < 1.29 is 17.9 Å². The fourth-order valence-corrected chi connectivity index (χ4v) is 6.38. The van der Waals surface area contributed by atoms with E-state index < -0.39 is 21.4 Å². The minimum Gasteiger partial charge on any atom is -0.481 e. The number of halogens is 1. The molecule has 0 radical (unpaired) electrons. The van der Waals surface area contributed by atoms with Gasteiger partial charge in [0.1, 0.15) is 17.0 Å². The average molecular weight is 534 g/mol. The zero-order chi connectivity index (χ0) is 25.5. The molecule has 36 heavy (non-hydrogen) atoms. The minimum atomic E-state index is -3.99. The lowest BCUT2D eigenvalue weighted by Crippen LogP contribution is -2.47. The Kier molecular flexibility index (Phi) is 6.60. The fraction of sp³-hybridized carbons (Fsp3) is 0.522. The first-order valence-electron chi connectivity index (χ1n) is 11.8. The standard InChI is InChI=1S/C23H28ClN7O4S/c1-14(19(35-3)20-25-12-15(24)13-26-20)36(32,33)30-22-29-28-21(16-6-4-7-18(27-16)34-2)31(22)17-8-11-23(17)9-5-10-23/h4,6-7,12-14,17,19H,5,8-11H2,1-3H3,(H,29,30)/t14-,17+,19-/m0/s1. The van der Waals surface area contributed by atoms with Gasteiger partial charge in [0, 0.05) is 31.6 Å². The molecule has 3 atom stereocenters. The summed E-state index contributed by atoms with van der Waals surface area (Å²) in [6, 6.07) is 5.46. The van der Waals surface area contributed by atoms with Gasteiger partial charge in [-0.2, -0.15) is 0 Å². The van der Waals surface area contributed by atoms with Gasteiger partial charge in [-0.05, 0) is 44.1 Å². The summed E-state index contributed by atoms with van der Waals surface area (Å²) < 4.78 is 42.4. The highest BCUT2D eigenvalue weighted by Gasteiger charge is 2.53. The summed E-state index contributed by atoms with van der Waals surface area (Å²) in [6.45, 7) is 1.54. The predicted molar refractivity (Wildman–Crippen MR) is 133 cm³/mol. The van der Waals surface area contributed by atoms with Gasteiger partial charge in [-0.15, -0.1) is 10.2 Å². The first kappa shape index (κ1) is 24.8. The van der Waals surface area contributed by atoms with Crippen molar-refractivity contribution in [1.82, 2.24) is 29.7 Å². The van der Waals surface area contributed by atoms with E-state index in [1.807, 2.05) is 16.7 Å². The summed E-state index contributed by atoms with van der Waals surface area (Å²) in [5.74, 6) is 1.31. The molecule has 13 heteroatoms. The Morgan fingerprint density at radius 3 is 2.50 bits per heavy atom. The van der Waals surface area contributed by atoms with Crippen LogP contribution >= 0.6 is 11.6 Å². The van der Waals surface area contributed by atoms with E-state index in [9.17, 15) is 8.42 Å². The minimum absolute atomic E-state index is 0.0788. The highest BCUT2D eigenvalue weighted by molar-refractivity contribution is 7.93. The first-order valence-corrected chi connectivity index (χ1v) is 13.7. The molecule has 3 aromatic rings. The maximum absolute atomic E-state index is 13.5. The van der Waals surface area contributed by atoms with Crippen LogP contribution in [0.5, 0.6) is 5.88 Å². The van der Waals surface area contributed by atoms with E-state index in [1.54, 1.807) is 13.2 Å². The summed E-state index contributed by atoms with van der Waals surface area (Å²) in [4.78, 5) is 12.8. The molecule has 3 heterocycles. The Morgan fingerprint density at radius 1 is 1.17 bits per heavy atom. The Labute approximate surface area is 214 Å². The van der Waals surface area contributed by atoms with E-state index >= 15 is 0 Å². The van der Waals surface area contributed by atoms with Crippen LogP contribution in [0.1, 0.15) is 57.0 Å². The Morgan fingerprint density at radius 2 is 1.92 bits per heavy atom. The number of ether oxygens (including phenoxy) is 2. The molecule has 0 aromatic carbocycles. The topological polar surface area (TPSA) is 134 Å². The van der Waals surface area contributed by atoms with E-state index in [-0.39, 0.29) is 23.2 Å². The molecular weight excluding hydrogens is 506 g/mol. The number of rotatable bonds is 9. The highest BCUT2D eigenvalue weighted by atomic mass is 35.5. The lowest BCUT2D eigenvalue weighted by molar-refractivity contribution is -0.0369. The largest absolute Gasteiger partial charge is 0.481 e. The van der Waals surface area contributed by atoms with Gasteiger partial charge < -0.3 is 9.47 Å². The third-order valence-corrected chi connectivity index (χ3v) is 9.33. The Balaban J connectivity index is 1.50. The van der Waals surface area contributed by atoms with E-state index in [0.717, 1.165) is 25.7 Å². The molecule has 2 aliphatic carbocycles. The number of pyridine rings is 1. The molecule has 0 bridgehead atoms. The second kappa shape index (κ2) is 9.56. The van der Waals surface area contributed by atoms with Crippen molar-refractivity contribution in [3.63, 3.8) is 0 Å². The Hall–Kier alpha value is -2.83. The van der Waals surface area contributed by atoms with Crippen LogP contribution < -0.4 is 9.46 Å². The SMILES string of the molecule is COc1cccc(-c2nnc(NS(=O)(=O)[C@@H](C)[C@H](OC)c3ncc(Cl)cn3)n2[C@@H]2CCC23CCC3)n1. The monoisotopic (exact) mass is 533 g/mol. The van der Waals surface area contributed by atoms with Crippen LogP contribution in [0.4, 0.5) is 5.95 Å². The number of aromatic nitrogens is 6.